The summed E-state index contributed by atoms with van der Waals surface area (Å²) in [5.41, 5.74) is 3.10. The Labute approximate surface area is 133 Å². The van der Waals surface area contributed by atoms with Gasteiger partial charge in [0.05, 0.1) is 30.1 Å². The van der Waals surface area contributed by atoms with Crippen LogP contribution in [0.3, 0.4) is 0 Å². The summed E-state index contributed by atoms with van der Waals surface area (Å²) < 4.78 is 11.9. The number of hydrogen-bond donors (Lipinski definition) is 1. The van der Waals surface area contributed by atoms with Gasteiger partial charge in [-0.1, -0.05) is 0 Å². The summed E-state index contributed by atoms with van der Waals surface area (Å²) in [4.78, 5) is 4.26. The van der Waals surface area contributed by atoms with Crippen LogP contribution in [0.2, 0.25) is 0 Å². The van der Waals surface area contributed by atoms with E-state index in [1.165, 1.54) is 0 Å². The minimum atomic E-state index is 0.599. The van der Waals surface area contributed by atoms with Crippen molar-refractivity contribution >= 4 is 21.6 Å². The predicted octanol–water partition coefficient (Wildman–Crippen LogP) is 4.17. The minimum Gasteiger partial charge on any atom is -0.493 e. The van der Waals surface area contributed by atoms with E-state index in [-0.39, 0.29) is 0 Å². The third-order valence-corrected chi connectivity index (χ3v) is 3.57. The van der Waals surface area contributed by atoms with Gasteiger partial charge in [-0.2, -0.15) is 0 Å². The first-order valence-electron chi connectivity index (χ1n) is 6.79. The summed E-state index contributed by atoms with van der Waals surface area (Å²) in [6.45, 7) is 5.21. The third kappa shape index (κ3) is 4.11. The molecule has 5 heteroatoms. The number of halogens is 1. The van der Waals surface area contributed by atoms with Gasteiger partial charge in [-0.25, -0.2) is 0 Å². The molecule has 0 saturated carbocycles. The molecule has 0 aliphatic rings. The summed E-state index contributed by atoms with van der Waals surface area (Å²) in [6.07, 6.45) is 1.83. The van der Waals surface area contributed by atoms with Crippen LogP contribution in [0.1, 0.15) is 18.2 Å². The number of hydrogen-bond acceptors (Lipinski definition) is 4. The standard InChI is InChI=1S/C16H19BrN2O2/c1-4-21-16-14(17)7-12(8-15(16)20-3)9-19-13-6-5-11(2)18-10-13/h5-8,10,19H,4,9H2,1-3H3. The van der Waals surface area contributed by atoms with Crippen LogP contribution in [0.4, 0.5) is 5.69 Å². The highest BCUT2D eigenvalue weighted by molar-refractivity contribution is 9.10. The van der Waals surface area contributed by atoms with Gasteiger partial charge in [-0.15, -0.1) is 0 Å². The lowest BCUT2D eigenvalue weighted by Gasteiger charge is -2.14. The van der Waals surface area contributed by atoms with Gasteiger partial charge in [0.15, 0.2) is 11.5 Å². The van der Waals surface area contributed by atoms with Crippen molar-refractivity contribution in [2.45, 2.75) is 20.4 Å². The lowest BCUT2D eigenvalue weighted by molar-refractivity contribution is 0.308. The van der Waals surface area contributed by atoms with Crippen molar-refractivity contribution in [3.8, 4) is 11.5 Å². The fraction of sp³-hybridized carbons (Fsp3) is 0.312. The molecular formula is C16H19BrN2O2. The van der Waals surface area contributed by atoms with E-state index < -0.39 is 0 Å². The van der Waals surface area contributed by atoms with E-state index >= 15 is 0 Å². The zero-order valence-electron chi connectivity index (χ0n) is 12.4. The number of methoxy groups -OCH3 is 1. The number of benzene rings is 1. The molecule has 1 N–H and O–H groups in total. The molecular weight excluding hydrogens is 332 g/mol. The molecule has 0 radical (unpaired) electrons. The molecule has 1 aromatic carbocycles. The Hall–Kier alpha value is -1.75. The molecule has 21 heavy (non-hydrogen) atoms. The SMILES string of the molecule is CCOc1c(Br)cc(CNc2ccc(C)nc2)cc1OC. The molecule has 0 fully saturated rings. The van der Waals surface area contributed by atoms with Gasteiger partial charge >= 0.3 is 0 Å². The fourth-order valence-corrected chi connectivity index (χ4v) is 2.54. The number of aromatic nitrogens is 1. The number of nitrogens with zero attached hydrogens (tertiary/aromatic N) is 1. The molecule has 112 valence electrons. The maximum atomic E-state index is 5.59. The summed E-state index contributed by atoms with van der Waals surface area (Å²) in [6, 6.07) is 8.01. The molecule has 1 heterocycles. The summed E-state index contributed by atoms with van der Waals surface area (Å²) in [5, 5.41) is 3.34. The molecule has 1 aromatic heterocycles. The number of rotatable bonds is 6. The third-order valence-electron chi connectivity index (χ3n) is 2.99. The van der Waals surface area contributed by atoms with Crippen LogP contribution in [0.5, 0.6) is 11.5 Å². The summed E-state index contributed by atoms with van der Waals surface area (Å²) >= 11 is 3.53. The lowest BCUT2D eigenvalue weighted by atomic mass is 10.2. The van der Waals surface area contributed by atoms with Crippen LogP contribution in [0.15, 0.2) is 34.9 Å². The summed E-state index contributed by atoms with van der Waals surface area (Å²) in [7, 11) is 1.64. The molecule has 0 bridgehead atoms. The fourth-order valence-electron chi connectivity index (χ4n) is 1.94. The van der Waals surface area contributed by atoms with Crippen molar-refractivity contribution in [1.29, 1.82) is 0 Å². The number of ether oxygens (including phenoxy) is 2. The summed E-state index contributed by atoms with van der Waals surface area (Å²) in [5.74, 6) is 1.46. The molecule has 0 amide bonds. The van der Waals surface area contributed by atoms with Gasteiger partial charge in [0.25, 0.3) is 0 Å². The molecule has 0 unspecified atom stereocenters. The second kappa shape index (κ2) is 7.31. The highest BCUT2D eigenvalue weighted by atomic mass is 79.9. The van der Waals surface area contributed by atoms with Gasteiger partial charge in [-0.05, 0) is 59.6 Å². The van der Waals surface area contributed by atoms with Crippen LogP contribution in [0, 0.1) is 6.92 Å². The topological polar surface area (TPSA) is 43.4 Å². The number of nitrogens with one attached hydrogen (secondary N) is 1. The lowest BCUT2D eigenvalue weighted by Crippen LogP contribution is -2.02. The van der Waals surface area contributed by atoms with Crippen LogP contribution in [-0.4, -0.2) is 18.7 Å². The van der Waals surface area contributed by atoms with E-state index in [1.54, 1.807) is 7.11 Å². The highest BCUT2D eigenvalue weighted by Gasteiger charge is 2.11. The van der Waals surface area contributed by atoms with Crippen molar-refractivity contribution < 1.29 is 9.47 Å². The van der Waals surface area contributed by atoms with Gasteiger partial charge in [0.1, 0.15) is 0 Å². The molecule has 2 aromatic rings. The first kappa shape index (κ1) is 15.6. The number of aryl methyl sites for hydroxylation is 1. The average molecular weight is 351 g/mol. The number of anilines is 1. The Morgan fingerprint density at radius 2 is 2.10 bits per heavy atom. The van der Waals surface area contributed by atoms with Crippen LogP contribution in [-0.2, 0) is 6.54 Å². The molecule has 0 aliphatic carbocycles. The molecule has 0 atom stereocenters. The smallest absolute Gasteiger partial charge is 0.175 e. The van der Waals surface area contributed by atoms with Gasteiger partial charge in [0.2, 0.25) is 0 Å². The quantitative estimate of drug-likeness (QED) is 0.848. The van der Waals surface area contributed by atoms with E-state index in [2.05, 4.69) is 26.2 Å². The Bertz CT molecular complexity index is 600. The molecule has 2 rings (SSSR count). The number of pyridine rings is 1. The Kier molecular flexibility index (Phi) is 5.44. The van der Waals surface area contributed by atoms with Gasteiger partial charge in [-0.3, -0.25) is 4.98 Å². The average Bonchev–Trinajstić information content (AvgIpc) is 2.49. The van der Waals surface area contributed by atoms with Crippen molar-refractivity contribution in [2.75, 3.05) is 19.0 Å². The Morgan fingerprint density at radius 3 is 2.71 bits per heavy atom. The molecule has 4 nitrogen and oxygen atoms in total. The first-order chi connectivity index (χ1) is 10.1. The van der Waals surface area contributed by atoms with Crippen molar-refractivity contribution in [3.63, 3.8) is 0 Å². The van der Waals surface area contributed by atoms with Gasteiger partial charge < -0.3 is 14.8 Å². The maximum Gasteiger partial charge on any atom is 0.175 e. The largest absolute Gasteiger partial charge is 0.493 e. The van der Waals surface area contributed by atoms with E-state index in [0.29, 0.717) is 13.2 Å². The van der Waals surface area contributed by atoms with Gasteiger partial charge in [0, 0.05) is 12.2 Å². The predicted molar refractivity (Wildman–Crippen MR) is 88.2 cm³/mol. The molecule has 0 spiro atoms. The zero-order chi connectivity index (χ0) is 15.2. The second-order valence-electron chi connectivity index (χ2n) is 4.58. The van der Waals surface area contributed by atoms with Crippen LogP contribution < -0.4 is 14.8 Å². The van der Waals surface area contributed by atoms with E-state index in [9.17, 15) is 0 Å². The Morgan fingerprint density at radius 1 is 1.29 bits per heavy atom. The first-order valence-corrected chi connectivity index (χ1v) is 7.59. The highest BCUT2D eigenvalue weighted by Crippen LogP contribution is 2.36. The molecule has 0 aliphatic heterocycles. The van der Waals surface area contributed by atoms with Crippen LogP contribution >= 0.6 is 15.9 Å². The van der Waals surface area contributed by atoms with Crippen molar-refractivity contribution in [1.82, 2.24) is 4.98 Å². The minimum absolute atomic E-state index is 0.599. The molecule has 0 saturated heterocycles. The van der Waals surface area contributed by atoms with Crippen LogP contribution in [0.25, 0.3) is 0 Å². The maximum absolute atomic E-state index is 5.59. The second-order valence-corrected chi connectivity index (χ2v) is 5.44. The normalized spacial score (nSPS) is 10.3. The zero-order valence-corrected chi connectivity index (χ0v) is 14.0. The van der Waals surface area contributed by atoms with E-state index in [4.69, 9.17) is 9.47 Å². The monoisotopic (exact) mass is 350 g/mol. The van der Waals surface area contributed by atoms with E-state index in [0.717, 1.165) is 32.9 Å². The van der Waals surface area contributed by atoms with E-state index in [1.807, 2.05) is 44.3 Å². The van der Waals surface area contributed by atoms with Crippen molar-refractivity contribution in [2.24, 2.45) is 0 Å². The van der Waals surface area contributed by atoms with Crippen molar-refractivity contribution in [3.05, 3.63) is 46.2 Å². The Balaban J connectivity index is 2.13.